The molecule has 0 spiro atoms. The van der Waals surface area contributed by atoms with Gasteiger partial charge in [-0.15, -0.1) is 0 Å². The molecule has 10 heteroatoms. The van der Waals surface area contributed by atoms with Crippen LogP contribution in [0, 0.1) is 18.3 Å². The van der Waals surface area contributed by atoms with Gasteiger partial charge in [-0.2, -0.15) is 10.4 Å². The summed E-state index contributed by atoms with van der Waals surface area (Å²) in [6, 6.07) is 10.3. The Labute approximate surface area is 238 Å². The van der Waals surface area contributed by atoms with E-state index in [1.165, 1.54) is 0 Å². The minimum Gasteiger partial charge on any atom is -0.416 e. The zero-order valence-electron chi connectivity index (χ0n) is 24.8. The quantitative estimate of drug-likeness (QED) is 0.316. The van der Waals surface area contributed by atoms with Gasteiger partial charge in [0.05, 0.1) is 35.3 Å². The molecule has 3 aromatic rings. The number of ether oxygens (including phenoxy) is 1. The Kier molecular flexibility index (Phi) is 7.50. The summed E-state index contributed by atoms with van der Waals surface area (Å²) in [6.07, 6.45) is 4.04. The molecule has 1 unspecified atom stereocenters. The molecule has 1 fully saturated rings. The lowest BCUT2D eigenvalue weighted by Crippen LogP contribution is -2.45. The summed E-state index contributed by atoms with van der Waals surface area (Å²) >= 11 is 0. The van der Waals surface area contributed by atoms with Crippen molar-refractivity contribution in [1.82, 2.24) is 19.7 Å². The highest BCUT2D eigenvalue weighted by Gasteiger charge is 2.42. The second-order valence-corrected chi connectivity index (χ2v) is 17.7. The molecule has 0 bridgehead atoms. The van der Waals surface area contributed by atoms with Gasteiger partial charge in [0.15, 0.2) is 8.32 Å². The molecule has 0 aliphatic carbocycles. The summed E-state index contributed by atoms with van der Waals surface area (Å²) in [5, 5.41) is 21.6. The number of nitrogens with one attached hydrogen (secondary N) is 2. The summed E-state index contributed by atoms with van der Waals surface area (Å²) in [4.78, 5) is 9.32. The molecular formula is C30H41N7O2Si. The Hall–Kier alpha value is -3.26. The minimum atomic E-state index is -1.94. The van der Waals surface area contributed by atoms with E-state index in [2.05, 4.69) is 73.6 Å². The van der Waals surface area contributed by atoms with Crippen LogP contribution in [-0.2, 0) is 21.1 Å². The van der Waals surface area contributed by atoms with Crippen LogP contribution in [0.15, 0.2) is 30.5 Å². The zero-order valence-corrected chi connectivity index (χ0v) is 25.8. The van der Waals surface area contributed by atoms with Gasteiger partial charge in [-0.3, -0.25) is 0 Å². The summed E-state index contributed by atoms with van der Waals surface area (Å²) in [6.45, 7) is 18.3. The maximum absolute atomic E-state index is 10.0. The van der Waals surface area contributed by atoms with Crippen LogP contribution < -0.4 is 10.6 Å². The first-order valence-corrected chi connectivity index (χ1v) is 17.0. The first-order chi connectivity index (χ1) is 18.9. The third-order valence-electron chi connectivity index (χ3n) is 8.62. The van der Waals surface area contributed by atoms with Gasteiger partial charge < -0.3 is 19.8 Å². The lowest BCUT2D eigenvalue weighted by molar-refractivity contribution is 0.0944. The predicted molar refractivity (Wildman–Crippen MR) is 160 cm³/mol. The fraction of sp³-hybridized carbons (Fsp3) is 0.533. The van der Waals surface area contributed by atoms with E-state index in [-0.39, 0.29) is 16.6 Å². The largest absolute Gasteiger partial charge is 0.416 e. The van der Waals surface area contributed by atoms with Gasteiger partial charge in [-0.25, -0.2) is 14.6 Å². The minimum absolute atomic E-state index is 0.125. The molecule has 2 N–H and O–H groups in total. The number of hydrogen-bond acceptors (Lipinski definition) is 8. The first-order valence-electron chi connectivity index (χ1n) is 14.1. The molecule has 1 aromatic carbocycles. The molecule has 2 atom stereocenters. The van der Waals surface area contributed by atoms with Gasteiger partial charge in [-0.05, 0) is 61.7 Å². The highest BCUT2D eigenvalue weighted by molar-refractivity contribution is 6.74. The fourth-order valence-electron chi connectivity index (χ4n) is 5.07. The molecule has 2 aliphatic rings. The second-order valence-electron chi connectivity index (χ2n) is 12.9. The number of nitrogens with zero attached hydrogens (tertiary/aromatic N) is 5. The number of benzene rings is 1. The van der Waals surface area contributed by atoms with E-state index in [1.54, 1.807) is 6.20 Å². The number of nitriles is 1. The van der Waals surface area contributed by atoms with Crippen molar-refractivity contribution in [3.05, 3.63) is 47.3 Å². The van der Waals surface area contributed by atoms with Crippen molar-refractivity contribution in [3.63, 3.8) is 0 Å². The Morgan fingerprint density at radius 1 is 1.30 bits per heavy atom. The van der Waals surface area contributed by atoms with Gasteiger partial charge >= 0.3 is 0 Å². The SMILES string of the molecule is Cc1cc(Nc2nccc(-c3cc(C#N)c4c(c3)[C@@](C)(CO[Si](C)(C)C(C)(C)C)CN4)n2)n(CC2CCCO2)n1. The van der Waals surface area contributed by atoms with Gasteiger partial charge in [0.1, 0.15) is 11.9 Å². The normalized spacial score (nSPS) is 20.7. The summed E-state index contributed by atoms with van der Waals surface area (Å²) in [5.41, 5.74) is 4.90. The standard InChI is InChI=1S/C30H41N7O2Si/c1-20-13-26(37(36-20)17-23-9-8-12-38-23)35-28-32-11-10-25(34-28)21-14-22(16-31)27-24(15-21)30(5,18-33-27)19-39-40(6,7)29(2,3)4/h10-11,13-15,23,33H,8-9,12,17-19H2,1-7H3,(H,32,34,35)/t23?,30-/m1/s1. The van der Waals surface area contributed by atoms with Crippen molar-refractivity contribution in [3.8, 4) is 17.3 Å². The van der Waals surface area contributed by atoms with Crippen molar-refractivity contribution in [2.75, 3.05) is 30.4 Å². The summed E-state index contributed by atoms with van der Waals surface area (Å²) in [7, 11) is -1.94. The second kappa shape index (κ2) is 10.6. The van der Waals surface area contributed by atoms with Gasteiger partial charge in [-0.1, -0.05) is 27.7 Å². The number of anilines is 3. The number of aromatic nitrogens is 4. The molecule has 212 valence electrons. The molecule has 40 heavy (non-hydrogen) atoms. The fourth-order valence-corrected chi connectivity index (χ4v) is 6.18. The van der Waals surface area contributed by atoms with Crippen LogP contribution in [0.5, 0.6) is 0 Å². The van der Waals surface area contributed by atoms with Crippen LogP contribution in [0.4, 0.5) is 17.5 Å². The van der Waals surface area contributed by atoms with Crippen LogP contribution in [0.2, 0.25) is 18.1 Å². The van der Waals surface area contributed by atoms with E-state index < -0.39 is 8.32 Å². The highest BCUT2D eigenvalue weighted by atomic mass is 28.4. The monoisotopic (exact) mass is 559 g/mol. The number of hydrogen-bond donors (Lipinski definition) is 2. The van der Waals surface area contributed by atoms with Gasteiger partial charge in [0.25, 0.3) is 0 Å². The molecule has 4 heterocycles. The number of rotatable bonds is 8. The molecule has 0 radical (unpaired) electrons. The molecule has 1 saturated heterocycles. The van der Waals surface area contributed by atoms with Crippen molar-refractivity contribution < 1.29 is 9.16 Å². The third-order valence-corrected chi connectivity index (χ3v) is 13.1. The average Bonchev–Trinajstić information content (AvgIpc) is 3.62. The molecule has 0 saturated carbocycles. The average molecular weight is 560 g/mol. The Morgan fingerprint density at radius 2 is 2.10 bits per heavy atom. The first kappa shape index (κ1) is 28.3. The Balaban J connectivity index is 1.42. The van der Waals surface area contributed by atoms with E-state index in [1.807, 2.05) is 29.8 Å². The van der Waals surface area contributed by atoms with Gasteiger partial charge in [0.2, 0.25) is 5.95 Å². The van der Waals surface area contributed by atoms with Crippen LogP contribution in [-0.4, -0.2) is 53.9 Å². The molecular weight excluding hydrogens is 518 g/mol. The number of aryl methyl sites for hydroxylation is 1. The smallest absolute Gasteiger partial charge is 0.228 e. The van der Waals surface area contributed by atoms with Crippen molar-refractivity contribution in [1.29, 1.82) is 5.26 Å². The van der Waals surface area contributed by atoms with Crippen molar-refractivity contribution >= 4 is 25.8 Å². The molecule has 2 aliphatic heterocycles. The lowest BCUT2D eigenvalue weighted by atomic mass is 9.83. The van der Waals surface area contributed by atoms with E-state index in [4.69, 9.17) is 14.1 Å². The lowest BCUT2D eigenvalue weighted by Gasteiger charge is -2.39. The molecule has 0 amide bonds. The summed E-state index contributed by atoms with van der Waals surface area (Å²) < 4.78 is 14.4. The summed E-state index contributed by atoms with van der Waals surface area (Å²) in [5.74, 6) is 1.31. The topological polar surface area (TPSA) is 110 Å². The number of fused-ring (bicyclic) bond motifs is 1. The van der Waals surface area contributed by atoms with Gasteiger partial charge in [0, 0.05) is 43.0 Å². The molecule has 5 rings (SSSR count). The zero-order chi connectivity index (χ0) is 28.7. The van der Waals surface area contributed by atoms with E-state index in [9.17, 15) is 5.26 Å². The van der Waals surface area contributed by atoms with Crippen molar-refractivity contribution in [2.24, 2.45) is 0 Å². The third kappa shape index (κ3) is 5.64. The highest BCUT2D eigenvalue weighted by Crippen LogP contribution is 2.44. The maximum Gasteiger partial charge on any atom is 0.228 e. The Morgan fingerprint density at radius 3 is 2.80 bits per heavy atom. The maximum atomic E-state index is 10.0. The van der Waals surface area contributed by atoms with Crippen LogP contribution in [0.25, 0.3) is 11.3 Å². The Bertz CT molecular complexity index is 1430. The van der Waals surface area contributed by atoms with E-state index in [0.29, 0.717) is 24.7 Å². The predicted octanol–water partition coefficient (Wildman–Crippen LogP) is 6.15. The molecule has 9 nitrogen and oxygen atoms in total. The van der Waals surface area contributed by atoms with Crippen LogP contribution in [0.3, 0.4) is 0 Å². The van der Waals surface area contributed by atoms with Crippen LogP contribution >= 0.6 is 0 Å². The van der Waals surface area contributed by atoms with Crippen molar-refractivity contribution in [2.45, 2.75) is 83.7 Å². The van der Waals surface area contributed by atoms with E-state index in [0.717, 1.165) is 60.0 Å². The molecule has 2 aromatic heterocycles. The van der Waals surface area contributed by atoms with Crippen LogP contribution in [0.1, 0.15) is 57.4 Å². The van der Waals surface area contributed by atoms with E-state index >= 15 is 0 Å².